The van der Waals surface area contributed by atoms with Crippen LogP contribution in [0.25, 0.3) is 0 Å². The zero-order valence-corrected chi connectivity index (χ0v) is 8.81. The fourth-order valence-corrected chi connectivity index (χ4v) is 1.21. The molecule has 0 saturated heterocycles. The second kappa shape index (κ2) is 4.52. The molecule has 16 heavy (non-hydrogen) atoms. The standard InChI is InChI=1S/C10H11NO5/c1-15-7-4-5(10(14)16-2)3-6(8(7)11)9(12)13/h3-4H,11H2,1-2H3,(H,12,13). The number of esters is 1. The molecule has 0 aromatic heterocycles. The summed E-state index contributed by atoms with van der Waals surface area (Å²) in [7, 11) is 2.53. The average molecular weight is 225 g/mol. The van der Waals surface area contributed by atoms with Gasteiger partial charge in [0.15, 0.2) is 0 Å². The van der Waals surface area contributed by atoms with Gasteiger partial charge in [-0.05, 0) is 12.1 Å². The number of carboxylic acids is 1. The second-order valence-electron chi connectivity index (χ2n) is 2.94. The lowest BCUT2D eigenvalue weighted by Crippen LogP contribution is -2.09. The molecule has 0 aliphatic heterocycles. The van der Waals surface area contributed by atoms with Crippen molar-refractivity contribution in [2.75, 3.05) is 20.0 Å². The minimum absolute atomic E-state index is 0.0253. The molecular formula is C10H11NO5. The van der Waals surface area contributed by atoms with Crippen LogP contribution in [0, 0.1) is 0 Å². The molecule has 1 rings (SSSR count). The number of anilines is 1. The predicted molar refractivity (Wildman–Crippen MR) is 55.7 cm³/mol. The molecule has 0 fully saturated rings. The first-order chi connectivity index (χ1) is 7.51. The number of methoxy groups -OCH3 is 2. The number of hydrogen-bond donors (Lipinski definition) is 2. The van der Waals surface area contributed by atoms with E-state index in [4.69, 9.17) is 15.6 Å². The van der Waals surface area contributed by atoms with E-state index in [0.29, 0.717) is 0 Å². The first-order valence-electron chi connectivity index (χ1n) is 4.30. The summed E-state index contributed by atoms with van der Waals surface area (Å²) >= 11 is 0. The summed E-state index contributed by atoms with van der Waals surface area (Å²) in [4.78, 5) is 22.1. The summed E-state index contributed by atoms with van der Waals surface area (Å²) in [5.74, 6) is -1.76. The summed E-state index contributed by atoms with van der Waals surface area (Å²) < 4.78 is 9.36. The SMILES string of the molecule is COC(=O)c1cc(OC)c(N)c(C(=O)O)c1. The Bertz CT molecular complexity index is 441. The average Bonchev–Trinajstić information content (AvgIpc) is 2.27. The van der Waals surface area contributed by atoms with Gasteiger partial charge >= 0.3 is 11.9 Å². The number of nitrogen functional groups attached to an aromatic ring is 1. The first-order valence-corrected chi connectivity index (χ1v) is 4.30. The number of nitrogens with two attached hydrogens (primary N) is 1. The highest BCUT2D eigenvalue weighted by molar-refractivity contribution is 6.00. The van der Waals surface area contributed by atoms with Gasteiger partial charge in [-0.2, -0.15) is 0 Å². The number of rotatable bonds is 3. The maximum atomic E-state index is 11.3. The topological polar surface area (TPSA) is 98.9 Å². The molecule has 1 aromatic carbocycles. The van der Waals surface area contributed by atoms with Gasteiger partial charge < -0.3 is 20.3 Å². The van der Waals surface area contributed by atoms with E-state index in [9.17, 15) is 9.59 Å². The van der Waals surface area contributed by atoms with Crippen molar-refractivity contribution in [2.45, 2.75) is 0 Å². The van der Waals surface area contributed by atoms with Crippen molar-refractivity contribution in [3.8, 4) is 5.75 Å². The van der Waals surface area contributed by atoms with Crippen LogP contribution in [-0.4, -0.2) is 31.3 Å². The minimum Gasteiger partial charge on any atom is -0.495 e. The summed E-state index contributed by atoms with van der Waals surface area (Å²) in [6, 6.07) is 2.47. The van der Waals surface area contributed by atoms with Crippen molar-refractivity contribution in [2.24, 2.45) is 0 Å². The van der Waals surface area contributed by atoms with Crippen LogP contribution in [0.2, 0.25) is 0 Å². The van der Waals surface area contributed by atoms with Crippen molar-refractivity contribution in [1.29, 1.82) is 0 Å². The summed E-state index contributed by atoms with van der Waals surface area (Å²) in [6.07, 6.45) is 0. The number of carbonyl (C=O) groups is 2. The molecular weight excluding hydrogens is 214 g/mol. The van der Waals surface area contributed by atoms with Gasteiger partial charge in [0.1, 0.15) is 5.75 Å². The summed E-state index contributed by atoms with van der Waals surface area (Å²) in [5, 5.41) is 8.88. The molecule has 0 aliphatic carbocycles. The van der Waals surface area contributed by atoms with Crippen LogP contribution in [0.5, 0.6) is 5.75 Å². The van der Waals surface area contributed by atoms with Crippen LogP contribution < -0.4 is 10.5 Å². The number of hydrogen-bond acceptors (Lipinski definition) is 5. The van der Waals surface area contributed by atoms with Gasteiger partial charge in [0, 0.05) is 0 Å². The second-order valence-corrected chi connectivity index (χ2v) is 2.94. The Morgan fingerprint density at radius 1 is 1.31 bits per heavy atom. The number of aromatic carboxylic acids is 1. The summed E-state index contributed by atoms with van der Waals surface area (Å²) in [5.41, 5.74) is 5.40. The van der Waals surface area contributed by atoms with Gasteiger partial charge in [0.2, 0.25) is 0 Å². The van der Waals surface area contributed by atoms with Crippen LogP contribution in [0.4, 0.5) is 5.69 Å². The summed E-state index contributed by atoms with van der Waals surface area (Å²) in [6.45, 7) is 0. The molecule has 1 aromatic rings. The highest BCUT2D eigenvalue weighted by atomic mass is 16.5. The molecule has 6 nitrogen and oxygen atoms in total. The van der Waals surface area contributed by atoms with Crippen molar-refractivity contribution < 1.29 is 24.2 Å². The zero-order valence-electron chi connectivity index (χ0n) is 8.81. The third-order valence-corrected chi connectivity index (χ3v) is 2.01. The molecule has 3 N–H and O–H groups in total. The molecule has 0 amide bonds. The normalized spacial score (nSPS) is 9.62. The van der Waals surface area contributed by atoms with Crippen molar-refractivity contribution in [3.05, 3.63) is 23.3 Å². The first kappa shape index (κ1) is 11.8. The Morgan fingerprint density at radius 3 is 2.38 bits per heavy atom. The monoisotopic (exact) mass is 225 g/mol. The van der Waals surface area contributed by atoms with Gasteiger partial charge in [0.05, 0.1) is 31.0 Å². The number of benzene rings is 1. The Kier molecular flexibility index (Phi) is 3.34. The maximum absolute atomic E-state index is 11.3. The van der Waals surface area contributed by atoms with E-state index in [0.717, 1.165) is 6.07 Å². The number of carbonyl (C=O) groups excluding carboxylic acids is 1. The minimum atomic E-state index is -1.23. The highest BCUT2D eigenvalue weighted by Crippen LogP contribution is 2.27. The smallest absolute Gasteiger partial charge is 0.338 e. The van der Waals surface area contributed by atoms with Crippen LogP contribution in [0.15, 0.2) is 12.1 Å². The molecule has 0 spiro atoms. The van der Waals surface area contributed by atoms with Gasteiger partial charge in [0.25, 0.3) is 0 Å². The van der Waals surface area contributed by atoms with E-state index in [-0.39, 0.29) is 22.6 Å². The Balaban J connectivity index is 3.40. The molecule has 0 aliphatic rings. The van der Waals surface area contributed by atoms with Crippen LogP contribution >= 0.6 is 0 Å². The van der Waals surface area contributed by atoms with Crippen molar-refractivity contribution in [3.63, 3.8) is 0 Å². The molecule has 0 saturated carbocycles. The van der Waals surface area contributed by atoms with Gasteiger partial charge in [-0.1, -0.05) is 0 Å². The van der Waals surface area contributed by atoms with E-state index in [1.54, 1.807) is 0 Å². The van der Waals surface area contributed by atoms with Crippen LogP contribution in [0.1, 0.15) is 20.7 Å². The molecule has 86 valence electrons. The van der Waals surface area contributed by atoms with E-state index >= 15 is 0 Å². The molecule has 0 heterocycles. The molecule has 0 unspecified atom stereocenters. The van der Waals surface area contributed by atoms with Gasteiger partial charge in [-0.25, -0.2) is 9.59 Å². The third kappa shape index (κ3) is 2.05. The van der Waals surface area contributed by atoms with E-state index in [1.807, 2.05) is 0 Å². The van der Waals surface area contributed by atoms with Gasteiger partial charge in [-0.3, -0.25) is 0 Å². The maximum Gasteiger partial charge on any atom is 0.338 e. The molecule has 0 bridgehead atoms. The predicted octanol–water partition coefficient (Wildman–Crippen LogP) is 0.762. The Morgan fingerprint density at radius 2 is 1.94 bits per heavy atom. The fraction of sp³-hybridized carbons (Fsp3) is 0.200. The van der Waals surface area contributed by atoms with E-state index < -0.39 is 11.9 Å². The highest BCUT2D eigenvalue weighted by Gasteiger charge is 2.17. The Hall–Kier alpha value is -2.24. The largest absolute Gasteiger partial charge is 0.495 e. The lowest BCUT2D eigenvalue weighted by atomic mass is 10.1. The van der Waals surface area contributed by atoms with Crippen LogP contribution in [-0.2, 0) is 4.74 Å². The number of carboxylic acid groups (broad SMARTS) is 1. The fourth-order valence-electron chi connectivity index (χ4n) is 1.21. The molecule has 0 atom stereocenters. The van der Waals surface area contributed by atoms with Crippen molar-refractivity contribution in [1.82, 2.24) is 0 Å². The quantitative estimate of drug-likeness (QED) is 0.582. The third-order valence-electron chi connectivity index (χ3n) is 2.01. The van der Waals surface area contributed by atoms with E-state index in [1.165, 1.54) is 20.3 Å². The van der Waals surface area contributed by atoms with Crippen LogP contribution in [0.3, 0.4) is 0 Å². The lowest BCUT2D eigenvalue weighted by Gasteiger charge is -2.09. The molecule has 0 radical (unpaired) electrons. The zero-order chi connectivity index (χ0) is 12.3. The Labute approximate surface area is 91.6 Å². The van der Waals surface area contributed by atoms with Crippen molar-refractivity contribution >= 4 is 17.6 Å². The lowest BCUT2D eigenvalue weighted by molar-refractivity contribution is 0.0600. The number of ether oxygens (including phenoxy) is 2. The van der Waals surface area contributed by atoms with Gasteiger partial charge in [-0.15, -0.1) is 0 Å². The van der Waals surface area contributed by atoms with E-state index in [2.05, 4.69) is 4.74 Å². The molecule has 6 heteroatoms.